The molecule has 2 aromatic rings. The van der Waals surface area contributed by atoms with Gasteiger partial charge in [0.05, 0.1) is 13.2 Å². The van der Waals surface area contributed by atoms with Crippen molar-refractivity contribution in [2.45, 2.75) is 45.2 Å². The molecule has 0 radical (unpaired) electrons. The predicted octanol–water partition coefficient (Wildman–Crippen LogP) is 4.25. The Hall–Kier alpha value is -1.94. The van der Waals surface area contributed by atoms with Crippen LogP contribution in [0.3, 0.4) is 0 Å². The van der Waals surface area contributed by atoms with Gasteiger partial charge in [-0.2, -0.15) is 0 Å². The summed E-state index contributed by atoms with van der Waals surface area (Å²) in [6.07, 6.45) is 8.70. The van der Waals surface area contributed by atoms with Gasteiger partial charge in [0.2, 0.25) is 5.91 Å². The number of carbonyl (C=O) groups is 1. The van der Waals surface area contributed by atoms with E-state index in [0.29, 0.717) is 31.2 Å². The smallest absolute Gasteiger partial charge is 0.225 e. The zero-order chi connectivity index (χ0) is 22.4. The number of thiophene rings is 2. The highest BCUT2D eigenvalue weighted by atomic mass is 32.1. The second-order valence-electron chi connectivity index (χ2n) is 7.63. The van der Waals surface area contributed by atoms with Crippen molar-refractivity contribution in [2.75, 3.05) is 26.2 Å². The number of piperidine rings is 1. The zero-order valence-electron chi connectivity index (χ0n) is 18.3. The number of nitrogens with zero attached hydrogens (tertiary/aromatic N) is 1. The number of amides is 1. The van der Waals surface area contributed by atoms with Crippen LogP contribution in [0.2, 0.25) is 0 Å². The molecule has 0 aliphatic carbocycles. The molecule has 0 bridgehead atoms. The van der Waals surface area contributed by atoms with Crippen LogP contribution in [0.4, 0.5) is 0 Å². The third-order valence-corrected chi connectivity index (χ3v) is 7.08. The summed E-state index contributed by atoms with van der Waals surface area (Å²) in [5.74, 6) is 0.894. The van der Waals surface area contributed by atoms with E-state index in [1.54, 1.807) is 28.9 Å². The highest BCUT2D eigenvalue weighted by Crippen LogP contribution is 2.24. The quantitative estimate of drug-likeness (QED) is 0.304. The lowest BCUT2D eigenvalue weighted by Crippen LogP contribution is -2.36. The maximum Gasteiger partial charge on any atom is 0.225 e. The normalized spacial score (nSPS) is 14.4. The molecule has 1 amide bonds. The first-order valence-corrected chi connectivity index (χ1v) is 13.3. The Bertz CT molecular complexity index is 845. The molecule has 174 valence electrons. The molecule has 3 heterocycles. The maximum atomic E-state index is 11.9. The van der Waals surface area contributed by atoms with Crippen LogP contribution in [-0.4, -0.2) is 42.2 Å². The van der Waals surface area contributed by atoms with E-state index >= 15 is 0 Å². The van der Waals surface area contributed by atoms with Gasteiger partial charge in [-0.3, -0.25) is 9.69 Å². The Morgan fingerprint density at radius 3 is 2.88 bits per heavy atom. The molecule has 6 nitrogen and oxygen atoms in total. The van der Waals surface area contributed by atoms with Gasteiger partial charge in [0.15, 0.2) is 5.11 Å². The number of hydrogen-bond donors (Lipinski definition) is 3. The number of carbonyl (C=O) groups excluding carboxylic acids is 1. The monoisotopic (exact) mass is 492 g/mol. The number of nitrogens with one attached hydrogen (secondary N) is 3. The molecule has 0 atom stereocenters. The van der Waals surface area contributed by atoms with Gasteiger partial charge in [0, 0.05) is 41.1 Å². The molecular formula is C23H32N4O2S3. The molecule has 1 saturated heterocycles. The number of rotatable bonds is 12. The molecule has 1 aliphatic heterocycles. The summed E-state index contributed by atoms with van der Waals surface area (Å²) in [5.41, 5.74) is 0. The van der Waals surface area contributed by atoms with E-state index in [9.17, 15) is 4.79 Å². The Morgan fingerprint density at radius 2 is 2.06 bits per heavy atom. The summed E-state index contributed by atoms with van der Waals surface area (Å²) >= 11 is 8.67. The van der Waals surface area contributed by atoms with E-state index in [4.69, 9.17) is 17.0 Å². The minimum absolute atomic E-state index is 0.0454. The van der Waals surface area contributed by atoms with Crippen molar-refractivity contribution in [3.8, 4) is 5.75 Å². The second-order valence-corrected chi connectivity index (χ2v) is 10.1. The Kier molecular flexibility index (Phi) is 11.0. The van der Waals surface area contributed by atoms with Crippen LogP contribution in [0.1, 0.15) is 41.9 Å². The highest BCUT2D eigenvalue weighted by Gasteiger charge is 2.11. The number of hydrogen-bond acceptors (Lipinski definition) is 6. The Balaban J connectivity index is 1.19. The van der Waals surface area contributed by atoms with Crippen molar-refractivity contribution in [1.29, 1.82) is 0 Å². The summed E-state index contributed by atoms with van der Waals surface area (Å²) in [6.45, 7) is 5.24. The molecule has 0 unspecified atom stereocenters. The van der Waals surface area contributed by atoms with E-state index in [1.165, 1.54) is 42.1 Å². The maximum absolute atomic E-state index is 11.9. The summed E-state index contributed by atoms with van der Waals surface area (Å²) in [4.78, 5) is 17.0. The largest absolute Gasteiger partial charge is 0.492 e. The molecule has 2 aromatic heterocycles. The highest BCUT2D eigenvalue weighted by molar-refractivity contribution is 7.80. The first kappa shape index (κ1) is 24.7. The van der Waals surface area contributed by atoms with Gasteiger partial charge in [-0.1, -0.05) is 18.6 Å². The lowest BCUT2D eigenvalue weighted by Gasteiger charge is -2.25. The summed E-state index contributed by atoms with van der Waals surface area (Å²) < 4.78 is 5.82. The Morgan fingerprint density at radius 1 is 1.19 bits per heavy atom. The molecule has 32 heavy (non-hydrogen) atoms. The van der Waals surface area contributed by atoms with Crippen molar-refractivity contribution in [3.63, 3.8) is 0 Å². The van der Waals surface area contributed by atoms with E-state index in [-0.39, 0.29) is 5.91 Å². The third kappa shape index (κ3) is 9.68. The van der Waals surface area contributed by atoms with Crippen molar-refractivity contribution < 1.29 is 9.53 Å². The van der Waals surface area contributed by atoms with Gasteiger partial charge in [0.25, 0.3) is 0 Å². The third-order valence-electron chi connectivity index (χ3n) is 5.01. The zero-order valence-corrected chi connectivity index (χ0v) is 20.8. The minimum Gasteiger partial charge on any atom is -0.492 e. The summed E-state index contributed by atoms with van der Waals surface area (Å²) in [5, 5.41) is 13.6. The summed E-state index contributed by atoms with van der Waals surface area (Å²) in [6, 6.07) is 6.22. The topological polar surface area (TPSA) is 65.6 Å². The SMILES string of the molecule is O=C(CCNC(=S)NCc1cccs1)N/C=C\CCOc1csc(CN2CCCCC2)c1. The van der Waals surface area contributed by atoms with Crippen LogP contribution in [0.25, 0.3) is 0 Å². The Labute approximate surface area is 204 Å². The fraction of sp³-hybridized carbons (Fsp3) is 0.478. The molecule has 3 N–H and O–H groups in total. The average molecular weight is 493 g/mol. The van der Waals surface area contributed by atoms with Crippen LogP contribution >= 0.6 is 34.9 Å². The summed E-state index contributed by atoms with van der Waals surface area (Å²) in [7, 11) is 0. The van der Waals surface area contributed by atoms with E-state index in [0.717, 1.165) is 18.7 Å². The number of ether oxygens (including phenoxy) is 1. The first-order chi connectivity index (χ1) is 15.7. The molecule has 0 saturated carbocycles. The lowest BCUT2D eigenvalue weighted by molar-refractivity contribution is -0.120. The molecule has 0 spiro atoms. The molecule has 9 heteroatoms. The van der Waals surface area contributed by atoms with E-state index in [2.05, 4.69) is 38.4 Å². The standard InChI is InChI=1S/C23H32N4O2S3/c28-22(8-10-25-23(30)26-16-20-7-6-14-31-20)24-9-2-5-13-29-19-15-21(32-18-19)17-27-11-3-1-4-12-27/h2,6-7,9,14-15,18H,1,3-5,8,10-13,16-17H2,(H,24,28)(H2,25,26,30)/b9-2-. The molecule has 1 aliphatic rings. The van der Waals surface area contributed by atoms with Crippen molar-refractivity contribution in [2.24, 2.45) is 0 Å². The van der Waals surface area contributed by atoms with Crippen LogP contribution in [0.15, 0.2) is 41.2 Å². The predicted molar refractivity (Wildman–Crippen MR) is 137 cm³/mol. The van der Waals surface area contributed by atoms with Crippen molar-refractivity contribution >= 4 is 45.9 Å². The molecule has 1 fully saturated rings. The van der Waals surface area contributed by atoms with Gasteiger partial charge in [0.1, 0.15) is 5.75 Å². The minimum atomic E-state index is -0.0454. The van der Waals surface area contributed by atoms with Gasteiger partial charge in [-0.25, -0.2) is 0 Å². The van der Waals surface area contributed by atoms with E-state index in [1.807, 2.05) is 17.5 Å². The van der Waals surface area contributed by atoms with Gasteiger partial charge >= 0.3 is 0 Å². The van der Waals surface area contributed by atoms with Crippen LogP contribution in [-0.2, 0) is 17.9 Å². The van der Waals surface area contributed by atoms with Crippen molar-refractivity contribution in [1.82, 2.24) is 20.9 Å². The second kappa shape index (κ2) is 14.3. The van der Waals surface area contributed by atoms with Gasteiger partial charge < -0.3 is 20.7 Å². The molecule has 0 aromatic carbocycles. The average Bonchev–Trinajstić information content (AvgIpc) is 3.48. The lowest BCUT2D eigenvalue weighted by atomic mass is 10.1. The molecular weight excluding hydrogens is 460 g/mol. The van der Waals surface area contributed by atoms with Crippen LogP contribution < -0.4 is 20.7 Å². The van der Waals surface area contributed by atoms with Crippen LogP contribution in [0.5, 0.6) is 5.75 Å². The first-order valence-electron chi connectivity index (χ1n) is 11.1. The van der Waals surface area contributed by atoms with Crippen molar-refractivity contribution in [3.05, 3.63) is 51.0 Å². The fourth-order valence-corrected chi connectivity index (χ4v) is 5.01. The van der Waals surface area contributed by atoms with Gasteiger partial charge in [-0.15, -0.1) is 22.7 Å². The van der Waals surface area contributed by atoms with E-state index < -0.39 is 0 Å². The number of thiocarbonyl (C=S) groups is 1. The number of likely N-dealkylation sites (tertiary alicyclic amines) is 1. The van der Waals surface area contributed by atoms with Gasteiger partial charge in [-0.05, 0) is 61.9 Å². The molecule has 3 rings (SSSR count). The fourth-order valence-electron chi connectivity index (χ4n) is 3.34. The van der Waals surface area contributed by atoms with Crippen LogP contribution in [0, 0.1) is 0 Å².